The second kappa shape index (κ2) is 5.64. The average molecular weight is 283 g/mol. The molecule has 2 amide bonds. The van der Waals surface area contributed by atoms with Crippen molar-refractivity contribution in [3.8, 4) is 0 Å². The van der Waals surface area contributed by atoms with E-state index >= 15 is 0 Å². The van der Waals surface area contributed by atoms with Gasteiger partial charge in [0.25, 0.3) is 0 Å². The molecule has 0 bridgehead atoms. The Balaban J connectivity index is 2.01. The summed E-state index contributed by atoms with van der Waals surface area (Å²) in [6.07, 6.45) is -1.74. The maximum Gasteiger partial charge on any atom is 0.414 e. The smallest absolute Gasteiger partial charge is 0.414 e. The van der Waals surface area contributed by atoms with Crippen molar-refractivity contribution in [1.29, 1.82) is 0 Å². The Morgan fingerprint density at radius 3 is 3.05 bits per heavy atom. The van der Waals surface area contributed by atoms with E-state index in [1.165, 1.54) is 24.1 Å². The van der Waals surface area contributed by atoms with E-state index in [0.29, 0.717) is 5.69 Å². The number of benzene rings is 1. The minimum absolute atomic E-state index is 0.00484. The number of methoxy groups -OCH3 is 1. The van der Waals surface area contributed by atoms with E-state index in [-0.39, 0.29) is 18.8 Å². The fourth-order valence-electron chi connectivity index (χ4n) is 1.79. The number of hydrogen-bond donors (Lipinski definition) is 2. The lowest BCUT2D eigenvalue weighted by atomic mass is 10.2. The van der Waals surface area contributed by atoms with Gasteiger partial charge in [0.05, 0.1) is 31.6 Å². The molecular formula is C12H14FN3O4. The minimum Gasteiger partial charge on any atom is -0.453 e. The summed E-state index contributed by atoms with van der Waals surface area (Å²) >= 11 is 0. The third-order valence-electron chi connectivity index (χ3n) is 2.83. The number of carbonyl (C=O) groups excluding carboxylic acids is 2. The molecule has 1 aromatic rings. The van der Waals surface area contributed by atoms with Crippen molar-refractivity contribution in [2.45, 2.75) is 6.10 Å². The van der Waals surface area contributed by atoms with Crippen LogP contribution in [0.5, 0.6) is 0 Å². The number of nitrogens with one attached hydrogen (secondary N) is 1. The maximum atomic E-state index is 13.4. The molecule has 20 heavy (non-hydrogen) atoms. The molecule has 0 aromatic heterocycles. The van der Waals surface area contributed by atoms with Crippen LogP contribution >= 0.6 is 0 Å². The van der Waals surface area contributed by atoms with Crippen molar-refractivity contribution in [1.82, 2.24) is 5.32 Å². The first-order chi connectivity index (χ1) is 9.51. The van der Waals surface area contributed by atoms with Gasteiger partial charge in [-0.25, -0.2) is 14.0 Å². The summed E-state index contributed by atoms with van der Waals surface area (Å²) < 4.78 is 22.8. The molecule has 0 radical (unpaired) electrons. The number of carbonyl (C=O) groups is 2. The predicted octanol–water partition coefficient (Wildman–Crippen LogP) is 1.09. The number of nitrogens with zero attached hydrogens (tertiary/aromatic N) is 1. The highest BCUT2D eigenvalue weighted by Crippen LogP contribution is 2.24. The Morgan fingerprint density at radius 2 is 2.40 bits per heavy atom. The Bertz CT molecular complexity index is 537. The highest BCUT2D eigenvalue weighted by atomic mass is 19.1. The van der Waals surface area contributed by atoms with Crippen molar-refractivity contribution in [2.75, 3.05) is 30.8 Å². The summed E-state index contributed by atoms with van der Waals surface area (Å²) in [6, 6.07) is 4.06. The fraction of sp³-hybridized carbons (Fsp3) is 0.333. The van der Waals surface area contributed by atoms with Gasteiger partial charge in [-0.1, -0.05) is 0 Å². The molecule has 108 valence electrons. The molecule has 1 aliphatic rings. The summed E-state index contributed by atoms with van der Waals surface area (Å²) in [5, 5.41) is 2.43. The van der Waals surface area contributed by atoms with Gasteiger partial charge < -0.3 is 20.5 Å². The van der Waals surface area contributed by atoms with E-state index in [0.717, 1.165) is 6.07 Å². The van der Waals surface area contributed by atoms with Gasteiger partial charge >= 0.3 is 12.2 Å². The van der Waals surface area contributed by atoms with E-state index in [4.69, 9.17) is 10.5 Å². The first kappa shape index (κ1) is 13.9. The van der Waals surface area contributed by atoms with Crippen LogP contribution in [0.1, 0.15) is 0 Å². The number of alkyl carbamates (subject to hydrolysis) is 1. The molecule has 0 spiro atoms. The number of cyclic esters (lactones) is 1. The van der Waals surface area contributed by atoms with Crippen LogP contribution < -0.4 is 16.0 Å². The highest BCUT2D eigenvalue weighted by molar-refractivity contribution is 5.90. The number of anilines is 2. The molecule has 1 aromatic carbocycles. The van der Waals surface area contributed by atoms with Gasteiger partial charge in [0.1, 0.15) is 11.9 Å². The Hall–Kier alpha value is -2.51. The summed E-state index contributed by atoms with van der Waals surface area (Å²) in [5.41, 5.74) is 5.73. The van der Waals surface area contributed by atoms with Crippen molar-refractivity contribution in [2.24, 2.45) is 0 Å². The van der Waals surface area contributed by atoms with Crippen molar-refractivity contribution >= 4 is 23.6 Å². The van der Waals surface area contributed by atoms with Crippen molar-refractivity contribution in [3.63, 3.8) is 0 Å². The van der Waals surface area contributed by atoms with E-state index in [1.807, 2.05) is 0 Å². The zero-order valence-electron chi connectivity index (χ0n) is 10.8. The molecule has 0 aliphatic carbocycles. The second-order valence-electron chi connectivity index (χ2n) is 4.19. The topological polar surface area (TPSA) is 93.9 Å². The number of ether oxygens (including phenoxy) is 2. The molecule has 1 atom stereocenters. The molecule has 0 unspecified atom stereocenters. The molecule has 1 fully saturated rings. The van der Waals surface area contributed by atoms with Gasteiger partial charge in [-0.15, -0.1) is 0 Å². The van der Waals surface area contributed by atoms with Crippen molar-refractivity contribution in [3.05, 3.63) is 24.0 Å². The van der Waals surface area contributed by atoms with Crippen LogP contribution in [0.15, 0.2) is 18.2 Å². The summed E-state index contributed by atoms with van der Waals surface area (Å²) in [6.45, 7) is 0.318. The van der Waals surface area contributed by atoms with Gasteiger partial charge in [0.2, 0.25) is 0 Å². The third-order valence-corrected chi connectivity index (χ3v) is 2.83. The minimum atomic E-state index is -0.613. The van der Waals surface area contributed by atoms with Crippen LogP contribution in [0.2, 0.25) is 0 Å². The van der Waals surface area contributed by atoms with Gasteiger partial charge in [-0.2, -0.15) is 0 Å². The van der Waals surface area contributed by atoms with E-state index in [1.54, 1.807) is 0 Å². The van der Waals surface area contributed by atoms with Crippen molar-refractivity contribution < 1.29 is 23.5 Å². The normalized spacial score (nSPS) is 17.8. The maximum absolute atomic E-state index is 13.4. The molecule has 1 aliphatic heterocycles. The first-order valence-corrected chi connectivity index (χ1v) is 5.86. The van der Waals surface area contributed by atoms with E-state index < -0.39 is 24.1 Å². The lowest BCUT2D eigenvalue weighted by molar-refractivity contribution is 0.132. The Labute approximate surface area is 114 Å². The second-order valence-corrected chi connectivity index (χ2v) is 4.19. The Kier molecular flexibility index (Phi) is 3.92. The largest absolute Gasteiger partial charge is 0.453 e. The van der Waals surface area contributed by atoms with Gasteiger partial charge in [-0.05, 0) is 18.2 Å². The molecule has 2 rings (SSSR count). The third kappa shape index (κ3) is 2.90. The number of amides is 2. The molecule has 3 N–H and O–H groups in total. The quantitative estimate of drug-likeness (QED) is 0.810. The van der Waals surface area contributed by atoms with Gasteiger partial charge in [-0.3, -0.25) is 4.90 Å². The van der Waals surface area contributed by atoms with E-state index in [2.05, 4.69) is 10.1 Å². The van der Waals surface area contributed by atoms with Gasteiger partial charge in [0, 0.05) is 0 Å². The van der Waals surface area contributed by atoms with Crippen LogP contribution in [-0.4, -0.2) is 38.5 Å². The lowest BCUT2D eigenvalue weighted by Crippen LogP contribution is -2.34. The number of nitrogen functional groups attached to an aromatic ring is 1. The number of rotatable bonds is 3. The van der Waals surface area contributed by atoms with Crippen LogP contribution in [-0.2, 0) is 9.47 Å². The van der Waals surface area contributed by atoms with Crippen LogP contribution in [0.4, 0.5) is 25.4 Å². The highest BCUT2D eigenvalue weighted by Gasteiger charge is 2.32. The SMILES string of the molecule is COC(=O)NC[C@@H]1CN(c2ccc(N)c(F)c2)C(=O)O1. The number of hydrogen-bond acceptors (Lipinski definition) is 5. The monoisotopic (exact) mass is 283 g/mol. The molecule has 8 heteroatoms. The molecule has 1 saturated heterocycles. The predicted molar refractivity (Wildman–Crippen MR) is 68.8 cm³/mol. The average Bonchev–Trinajstić information content (AvgIpc) is 2.80. The summed E-state index contributed by atoms with van der Waals surface area (Å²) in [4.78, 5) is 23.9. The molecule has 1 heterocycles. The first-order valence-electron chi connectivity index (χ1n) is 5.86. The standard InChI is InChI=1S/C12H14FN3O4/c1-19-11(17)15-5-8-6-16(12(18)20-8)7-2-3-10(14)9(13)4-7/h2-4,8H,5-6,14H2,1H3,(H,15,17)/t8-/m1/s1. The zero-order valence-corrected chi connectivity index (χ0v) is 10.8. The van der Waals surface area contributed by atoms with Gasteiger partial charge in [0.15, 0.2) is 0 Å². The fourth-order valence-corrected chi connectivity index (χ4v) is 1.79. The molecule has 0 saturated carbocycles. The number of nitrogens with two attached hydrogens (primary N) is 1. The number of halogens is 1. The van der Waals surface area contributed by atoms with E-state index in [9.17, 15) is 14.0 Å². The summed E-state index contributed by atoms with van der Waals surface area (Å²) in [5.74, 6) is -0.605. The van der Waals surface area contributed by atoms with Crippen LogP contribution in [0.3, 0.4) is 0 Å². The lowest BCUT2D eigenvalue weighted by Gasteiger charge is -2.13. The van der Waals surface area contributed by atoms with Crippen LogP contribution in [0, 0.1) is 5.82 Å². The zero-order chi connectivity index (χ0) is 14.7. The summed E-state index contributed by atoms with van der Waals surface area (Å²) in [7, 11) is 1.24. The molecule has 7 nitrogen and oxygen atoms in total. The Morgan fingerprint density at radius 1 is 1.65 bits per heavy atom. The molecular weight excluding hydrogens is 269 g/mol. The van der Waals surface area contributed by atoms with Crippen LogP contribution in [0.25, 0.3) is 0 Å².